The van der Waals surface area contributed by atoms with E-state index in [0.29, 0.717) is 19.8 Å². The van der Waals surface area contributed by atoms with E-state index in [-0.39, 0.29) is 22.9 Å². The van der Waals surface area contributed by atoms with Crippen molar-refractivity contribution in [2.24, 2.45) is 4.99 Å². The molecule has 0 bridgehead atoms. The molecule has 1 fully saturated rings. The molecule has 0 amide bonds. The molecule has 2 heterocycles. The van der Waals surface area contributed by atoms with Crippen LogP contribution in [0.1, 0.15) is 50.3 Å². The molecule has 0 aromatic heterocycles. The molecule has 4 rings (SSSR count). The number of ether oxygens (including phenoxy) is 2. The predicted molar refractivity (Wildman–Crippen MR) is 121 cm³/mol. The lowest BCUT2D eigenvalue weighted by molar-refractivity contribution is 0.0510. The number of rotatable bonds is 4. The Balaban J connectivity index is 1.51. The predicted octanol–water partition coefficient (Wildman–Crippen LogP) is 4.34. The first-order valence-corrected chi connectivity index (χ1v) is 11.0. The summed E-state index contributed by atoms with van der Waals surface area (Å²) < 4.78 is 25.7. The lowest BCUT2D eigenvalue weighted by Crippen LogP contribution is -2.50. The highest BCUT2D eigenvalue weighted by Gasteiger charge is 2.36. The van der Waals surface area contributed by atoms with E-state index in [2.05, 4.69) is 35.5 Å². The van der Waals surface area contributed by atoms with Crippen molar-refractivity contribution in [2.75, 3.05) is 26.8 Å². The number of nitrogens with zero attached hydrogens (tertiary/aromatic N) is 1. The van der Waals surface area contributed by atoms with Crippen LogP contribution in [0.4, 0.5) is 4.39 Å². The largest absolute Gasteiger partial charge is 0.487 e. The minimum Gasteiger partial charge on any atom is -0.487 e. The van der Waals surface area contributed by atoms with Crippen molar-refractivity contribution in [2.45, 2.75) is 50.2 Å². The minimum atomic E-state index is -0.269. The normalized spacial score (nSPS) is 22.2. The average molecular weight is 426 g/mol. The third kappa shape index (κ3) is 4.85. The third-order valence-corrected chi connectivity index (χ3v) is 6.39. The number of benzene rings is 2. The maximum absolute atomic E-state index is 14.0. The van der Waals surface area contributed by atoms with Gasteiger partial charge < -0.3 is 20.1 Å². The number of hydrogen-bond acceptors (Lipinski definition) is 3. The first-order chi connectivity index (χ1) is 14.9. The van der Waals surface area contributed by atoms with Crippen LogP contribution in [0.25, 0.3) is 0 Å². The molecule has 6 heteroatoms. The molecule has 0 spiro atoms. The van der Waals surface area contributed by atoms with E-state index in [9.17, 15) is 4.39 Å². The van der Waals surface area contributed by atoms with Crippen LogP contribution in [0.2, 0.25) is 0 Å². The highest BCUT2D eigenvalue weighted by atomic mass is 19.1. The molecule has 1 unspecified atom stereocenters. The summed E-state index contributed by atoms with van der Waals surface area (Å²) in [5, 5.41) is 7.11. The molecule has 2 aliphatic heterocycles. The summed E-state index contributed by atoms with van der Waals surface area (Å²) in [7, 11) is 1.78. The molecule has 166 valence electrons. The van der Waals surface area contributed by atoms with Gasteiger partial charge in [0, 0.05) is 44.2 Å². The molecule has 0 saturated carbocycles. The second-order valence-corrected chi connectivity index (χ2v) is 9.13. The van der Waals surface area contributed by atoms with Gasteiger partial charge in [0.25, 0.3) is 0 Å². The van der Waals surface area contributed by atoms with Crippen LogP contribution in [-0.2, 0) is 10.2 Å². The van der Waals surface area contributed by atoms with Crippen LogP contribution in [0.15, 0.2) is 53.5 Å². The van der Waals surface area contributed by atoms with E-state index in [1.165, 1.54) is 6.07 Å². The quantitative estimate of drug-likeness (QED) is 0.565. The van der Waals surface area contributed by atoms with Gasteiger partial charge in [-0.3, -0.25) is 4.99 Å². The van der Waals surface area contributed by atoms with Gasteiger partial charge in [0.1, 0.15) is 17.2 Å². The van der Waals surface area contributed by atoms with Crippen LogP contribution < -0.4 is 15.4 Å². The summed E-state index contributed by atoms with van der Waals surface area (Å²) in [4.78, 5) is 4.48. The van der Waals surface area contributed by atoms with Crippen LogP contribution in [0, 0.1) is 5.82 Å². The molecule has 0 radical (unpaired) electrons. The zero-order chi connectivity index (χ0) is 21.9. The van der Waals surface area contributed by atoms with Crippen molar-refractivity contribution in [1.29, 1.82) is 0 Å². The van der Waals surface area contributed by atoms with Gasteiger partial charge in [0.15, 0.2) is 5.96 Å². The fourth-order valence-electron chi connectivity index (χ4n) is 4.69. The van der Waals surface area contributed by atoms with E-state index in [0.717, 1.165) is 42.1 Å². The smallest absolute Gasteiger partial charge is 0.191 e. The van der Waals surface area contributed by atoms with Crippen molar-refractivity contribution < 1.29 is 13.9 Å². The van der Waals surface area contributed by atoms with E-state index >= 15 is 0 Å². The molecule has 2 aliphatic rings. The summed E-state index contributed by atoms with van der Waals surface area (Å²) in [6.45, 7) is 6.22. The van der Waals surface area contributed by atoms with Crippen LogP contribution in [0.5, 0.6) is 5.75 Å². The van der Waals surface area contributed by atoms with Gasteiger partial charge in [0.05, 0.1) is 6.04 Å². The molecule has 1 atom stereocenters. The van der Waals surface area contributed by atoms with Gasteiger partial charge in [0.2, 0.25) is 0 Å². The second kappa shape index (κ2) is 8.87. The lowest BCUT2D eigenvalue weighted by Gasteiger charge is -2.40. The molecule has 2 aromatic rings. The van der Waals surface area contributed by atoms with E-state index < -0.39 is 0 Å². The third-order valence-electron chi connectivity index (χ3n) is 6.39. The van der Waals surface area contributed by atoms with Gasteiger partial charge in [-0.1, -0.05) is 30.3 Å². The van der Waals surface area contributed by atoms with Gasteiger partial charge in [-0.05, 0) is 50.5 Å². The average Bonchev–Trinajstić information content (AvgIpc) is 2.76. The topological polar surface area (TPSA) is 54.9 Å². The van der Waals surface area contributed by atoms with Crippen molar-refractivity contribution in [3.63, 3.8) is 0 Å². The molecule has 31 heavy (non-hydrogen) atoms. The van der Waals surface area contributed by atoms with Gasteiger partial charge in [-0.15, -0.1) is 0 Å². The highest BCUT2D eigenvalue weighted by Crippen LogP contribution is 2.39. The van der Waals surface area contributed by atoms with Crippen LogP contribution in [-0.4, -0.2) is 38.4 Å². The van der Waals surface area contributed by atoms with Crippen molar-refractivity contribution in [3.05, 3.63) is 65.5 Å². The standard InChI is InChI=1S/C25H32FN3O2/c1-24(2)16-21(20-9-4-5-10-22(20)31-24)29-23(27-3)28-17-25(11-13-30-14-12-25)18-7-6-8-19(26)15-18/h4-10,15,21H,11-14,16-17H2,1-3H3,(H2,27,28,29). The van der Waals surface area contributed by atoms with Crippen molar-refractivity contribution in [3.8, 4) is 5.75 Å². The van der Waals surface area contributed by atoms with E-state index in [4.69, 9.17) is 9.47 Å². The molecule has 5 nitrogen and oxygen atoms in total. The van der Waals surface area contributed by atoms with E-state index in [1.54, 1.807) is 19.2 Å². The second-order valence-electron chi connectivity index (χ2n) is 9.13. The Bertz CT molecular complexity index is 938. The Labute approximate surface area is 184 Å². The van der Waals surface area contributed by atoms with Gasteiger partial charge in [-0.25, -0.2) is 4.39 Å². The van der Waals surface area contributed by atoms with Gasteiger partial charge >= 0.3 is 0 Å². The summed E-state index contributed by atoms with van der Waals surface area (Å²) >= 11 is 0. The summed E-state index contributed by atoms with van der Waals surface area (Å²) in [6.07, 6.45) is 2.51. The summed E-state index contributed by atoms with van der Waals surface area (Å²) in [5.41, 5.74) is 1.69. The Kier molecular flexibility index (Phi) is 6.19. The SMILES string of the molecule is CN=C(NCC1(c2cccc(F)c2)CCOCC1)NC1CC(C)(C)Oc2ccccc21. The first-order valence-electron chi connectivity index (χ1n) is 11.0. The summed E-state index contributed by atoms with van der Waals surface area (Å²) in [5.74, 6) is 1.44. The maximum Gasteiger partial charge on any atom is 0.191 e. The summed E-state index contributed by atoms with van der Waals surface area (Å²) in [6, 6.07) is 15.2. The molecular weight excluding hydrogens is 393 g/mol. The number of fused-ring (bicyclic) bond motifs is 1. The molecule has 2 aromatic carbocycles. The minimum absolute atomic E-state index is 0.0889. The molecule has 1 saturated heterocycles. The zero-order valence-corrected chi connectivity index (χ0v) is 18.6. The fraction of sp³-hybridized carbons (Fsp3) is 0.480. The lowest BCUT2D eigenvalue weighted by atomic mass is 9.74. The number of para-hydroxylation sites is 1. The Morgan fingerprint density at radius 2 is 1.90 bits per heavy atom. The number of halogens is 1. The Morgan fingerprint density at radius 1 is 1.13 bits per heavy atom. The fourth-order valence-corrected chi connectivity index (χ4v) is 4.69. The maximum atomic E-state index is 14.0. The number of nitrogens with one attached hydrogen (secondary N) is 2. The van der Waals surface area contributed by atoms with Crippen molar-refractivity contribution >= 4 is 5.96 Å². The van der Waals surface area contributed by atoms with Crippen LogP contribution in [0.3, 0.4) is 0 Å². The Hall–Kier alpha value is -2.60. The molecule has 0 aliphatic carbocycles. The molecular formula is C25H32FN3O2. The van der Waals surface area contributed by atoms with Crippen LogP contribution >= 0.6 is 0 Å². The number of aliphatic imine (C=N–C) groups is 1. The molecule has 2 N–H and O–H groups in total. The Morgan fingerprint density at radius 3 is 2.65 bits per heavy atom. The van der Waals surface area contributed by atoms with E-state index in [1.807, 2.05) is 24.3 Å². The highest BCUT2D eigenvalue weighted by molar-refractivity contribution is 5.80. The van der Waals surface area contributed by atoms with Gasteiger partial charge in [-0.2, -0.15) is 0 Å². The monoisotopic (exact) mass is 425 g/mol. The zero-order valence-electron chi connectivity index (χ0n) is 18.6. The number of guanidine groups is 1. The number of hydrogen-bond donors (Lipinski definition) is 2. The first kappa shape index (κ1) is 21.6. The van der Waals surface area contributed by atoms with Crippen molar-refractivity contribution in [1.82, 2.24) is 10.6 Å².